The SMILES string of the molecule is CCNC(CC1=CCCCC1)Cc1cc(C)cc(C)c1. The number of rotatable bonds is 6. The molecule has 1 aliphatic rings. The van der Waals surface area contributed by atoms with Gasteiger partial charge in [0.15, 0.2) is 0 Å². The Labute approximate surface area is 124 Å². The van der Waals surface area contributed by atoms with Gasteiger partial charge in [-0.2, -0.15) is 0 Å². The number of allylic oxidation sites excluding steroid dienone is 1. The topological polar surface area (TPSA) is 12.0 Å². The van der Waals surface area contributed by atoms with E-state index in [9.17, 15) is 0 Å². The molecule has 0 aromatic heterocycles. The Kier molecular flexibility index (Phi) is 5.85. The second kappa shape index (κ2) is 7.64. The summed E-state index contributed by atoms with van der Waals surface area (Å²) in [5.74, 6) is 0. The Morgan fingerprint density at radius 3 is 2.40 bits per heavy atom. The van der Waals surface area contributed by atoms with E-state index < -0.39 is 0 Å². The van der Waals surface area contributed by atoms with Gasteiger partial charge in [0, 0.05) is 6.04 Å². The highest BCUT2D eigenvalue weighted by atomic mass is 14.9. The standard InChI is InChI=1S/C19H29N/c1-4-20-19(13-17-8-6-5-7-9-17)14-18-11-15(2)10-16(3)12-18/h8,10-12,19-20H,4-7,9,13-14H2,1-3H3. The second-order valence-corrected chi connectivity index (χ2v) is 6.27. The number of hydrogen-bond donors (Lipinski definition) is 1. The fourth-order valence-corrected chi connectivity index (χ4v) is 3.38. The minimum absolute atomic E-state index is 0.588. The van der Waals surface area contributed by atoms with Gasteiger partial charge in [0.1, 0.15) is 0 Å². The number of likely N-dealkylation sites (N-methyl/N-ethyl adjacent to an activating group) is 1. The van der Waals surface area contributed by atoms with Crippen molar-refractivity contribution < 1.29 is 0 Å². The lowest BCUT2D eigenvalue weighted by Gasteiger charge is -2.22. The molecule has 1 aliphatic carbocycles. The summed E-state index contributed by atoms with van der Waals surface area (Å²) in [4.78, 5) is 0. The van der Waals surface area contributed by atoms with E-state index in [0.717, 1.165) is 13.0 Å². The van der Waals surface area contributed by atoms with Crippen LogP contribution in [0.5, 0.6) is 0 Å². The molecule has 1 unspecified atom stereocenters. The van der Waals surface area contributed by atoms with Crippen LogP contribution in [0.25, 0.3) is 0 Å². The van der Waals surface area contributed by atoms with Crippen LogP contribution in [-0.2, 0) is 6.42 Å². The smallest absolute Gasteiger partial charge is 0.0144 e. The summed E-state index contributed by atoms with van der Waals surface area (Å²) < 4.78 is 0. The van der Waals surface area contributed by atoms with Crippen LogP contribution in [0.15, 0.2) is 29.8 Å². The van der Waals surface area contributed by atoms with Gasteiger partial charge in [-0.15, -0.1) is 0 Å². The van der Waals surface area contributed by atoms with Gasteiger partial charge < -0.3 is 5.32 Å². The molecule has 0 saturated carbocycles. The molecular weight excluding hydrogens is 242 g/mol. The number of nitrogens with one attached hydrogen (secondary N) is 1. The van der Waals surface area contributed by atoms with Crippen LogP contribution in [-0.4, -0.2) is 12.6 Å². The highest BCUT2D eigenvalue weighted by Crippen LogP contribution is 2.23. The Morgan fingerprint density at radius 2 is 1.80 bits per heavy atom. The van der Waals surface area contributed by atoms with Gasteiger partial charge in [0.25, 0.3) is 0 Å². The molecular formula is C19H29N. The summed E-state index contributed by atoms with van der Waals surface area (Å²) in [5, 5.41) is 3.68. The van der Waals surface area contributed by atoms with Gasteiger partial charge in [-0.25, -0.2) is 0 Å². The molecule has 0 radical (unpaired) electrons. The van der Waals surface area contributed by atoms with Crippen molar-refractivity contribution in [3.8, 4) is 0 Å². The van der Waals surface area contributed by atoms with Crippen LogP contribution < -0.4 is 5.32 Å². The molecule has 1 nitrogen and oxygen atoms in total. The zero-order valence-electron chi connectivity index (χ0n) is 13.3. The maximum Gasteiger partial charge on any atom is 0.0144 e. The summed E-state index contributed by atoms with van der Waals surface area (Å²) in [6.07, 6.45) is 10.2. The Hall–Kier alpha value is -1.08. The van der Waals surface area contributed by atoms with Crippen molar-refractivity contribution in [1.29, 1.82) is 0 Å². The van der Waals surface area contributed by atoms with Crippen LogP contribution >= 0.6 is 0 Å². The summed E-state index contributed by atoms with van der Waals surface area (Å²) in [6.45, 7) is 7.66. The fraction of sp³-hybridized carbons (Fsp3) is 0.579. The van der Waals surface area contributed by atoms with Gasteiger partial charge in [0.05, 0.1) is 0 Å². The molecule has 20 heavy (non-hydrogen) atoms. The van der Waals surface area contributed by atoms with Crippen molar-refractivity contribution in [3.63, 3.8) is 0 Å². The summed E-state index contributed by atoms with van der Waals surface area (Å²) >= 11 is 0. The monoisotopic (exact) mass is 271 g/mol. The first kappa shape index (κ1) is 15.3. The van der Waals surface area contributed by atoms with E-state index in [1.165, 1.54) is 48.8 Å². The first-order valence-electron chi connectivity index (χ1n) is 8.16. The molecule has 110 valence electrons. The zero-order valence-corrected chi connectivity index (χ0v) is 13.3. The van der Waals surface area contributed by atoms with E-state index in [1.807, 2.05) is 0 Å². The zero-order chi connectivity index (χ0) is 14.4. The Bertz CT molecular complexity index is 439. The van der Waals surface area contributed by atoms with Crippen LogP contribution in [0.1, 0.15) is 55.7 Å². The van der Waals surface area contributed by atoms with Crippen LogP contribution in [0.3, 0.4) is 0 Å². The molecule has 1 N–H and O–H groups in total. The molecule has 0 saturated heterocycles. The maximum absolute atomic E-state index is 3.68. The molecule has 1 aromatic carbocycles. The average molecular weight is 271 g/mol. The van der Waals surface area contributed by atoms with Crippen LogP contribution in [0, 0.1) is 13.8 Å². The van der Waals surface area contributed by atoms with Crippen molar-refractivity contribution in [2.75, 3.05) is 6.54 Å². The third-order valence-electron chi connectivity index (χ3n) is 4.15. The molecule has 0 spiro atoms. The second-order valence-electron chi connectivity index (χ2n) is 6.27. The van der Waals surface area contributed by atoms with E-state index in [0.29, 0.717) is 6.04 Å². The van der Waals surface area contributed by atoms with E-state index >= 15 is 0 Å². The Balaban J connectivity index is 2.02. The van der Waals surface area contributed by atoms with Gasteiger partial charge in [-0.05, 0) is 64.5 Å². The van der Waals surface area contributed by atoms with Crippen molar-refractivity contribution in [1.82, 2.24) is 5.32 Å². The molecule has 1 aromatic rings. The molecule has 1 atom stereocenters. The molecule has 1 heteroatoms. The molecule has 0 fully saturated rings. The fourth-order valence-electron chi connectivity index (χ4n) is 3.38. The van der Waals surface area contributed by atoms with E-state index in [-0.39, 0.29) is 0 Å². The number of aryl methyl sites for hydroxylation is 2. The first-order chi connectivity index (χ1) is 9.67. The number of hydrogen-bond acceptors (Lipinski definition) is 1. The van der Waals surface area contributed by atoms with Crippen molar-refractivity contribution >= 4 is 0 Å². The molecule has 2 rings (SSSR count). The molecule has 0 amide bonds. The lowest BCUT2D eigenvalue weighted by molar-refractivity contribution is 0.504. The molecule has 0 aliphatic heterocycles. The normalized spacial score (nSPS) is 16.9. The largest absolute Gasteiger partial charge is 0.314 e. The van der Waals surface area contributed by atoms with Gasteiger partial charge in [-0.1, -0.05) is 47.9 Å². The minimum Gasteiger partial charge on any atom is -0.314 e. The van der Waals surface area contributed by atoms with E-state index in [2.05, 4.69) is 50.4 Å². The molecule has 0 heterocycles. The van der Waals surface area contributed by atoms with Gasteiger partial charge in [-0.3, -0.25) is 0 Å². The summed E-state index contributed by atoms with van der Waals surface area (Å²) in [7, 11) is 0. The van der Waals surface area contributed by atoms with Crippen molar-refractivity contribution in [3.05, 3.63) is 46.5 Å². The predicted octanol–water partition coefficient (Wildman–Crippen LogP) is 4.71. The van der Waals surface area contributed by atoms with Crippen molar-refractivity contribution in [2.45, 2.75) is 65.3 Å². The highest BCUT2D eigenvalue weighted by Gasteiger charge is 2.13. The Morgan fingerprint density at radius 1 is 1.05 bits per heavy atom. The summed E-state index contributed by atoms with van der Waals surface area (Å²) in [5.41, 5.74) is 5.91. The minimum atomic E-state index is 0.588. The maximum atomic E-state index is 3.68. The quantitative estimate of drug-likeness (QED) is 0.739. The van der Waals surface area contributed by atoms with Gasteiger partial charge in [0.2, 0.25) is 0 Å². The van der Waals surface area contributed by atoms with E-state index in [1.54, 1.807) is 5.57 Å². The predicted molar refractivity (Wildman–Crippen MR) is 88.3 cm³/mol. The van der Waals surface area contributed by atoms with E-state index in [4.69, 9.17) is 0 Å². The average Bonchev–Trinajstić information content (AvgIpc) is 2.39. The lowest BCUT2D eigenvalue weighted by Crippen LogP contribution is -2.31. The van der Waals surface area contributed by atoms with Crippen LogP contribution in [0.2, 0.25) is 0 Å². The molecule has 0 bridgehead atoms. The first-order valence-corrected chi connectivity index (χ1v) is 8.16. The third-order valence-corrected chi connectivity index (χ3v) is 4.15. The lowest BCUT2D eigenvalue weighted by atomic mass is 9.91. The van der Waals surface area contributed by atoms with Crippen LogP contribution in [0.4, 0.5) is 0 Å². The summed E-state index contributed by atoms with van der Waals surface area (Å²) in [6, 6.07) is 7.53. The van der Waals surface area contributed by atoms with Gasteiger partial charge >= 0.3 is 0 Å². The number of benzene rings is 1. The van der Waals surface area contributed by atoms with Crippen molar-refractivity contribution in [2.24, 2.45) is 0 Å². The highest BCUT2D eigenvalue weighted by molar-refractivity contribution is 5.29. The third kappa shape index (κ3) is 4.79.